The van der Waals surface area contributed by atoms with Gasteiger partial charge in [-0.05, 0) is 36.5 Å². The second kappa shape index (κ2) is 5.41. The number of carbonyl (C=O) groups excluding carboxylic acids is 1. The Morgan fingerprint density at radius 2 is 2.05 bits per heavy atom. The van der Waals surface area contributed by atoms with Crippen molar-refractivity contribution in [2.24, 2.45) is 0 Å². The molecule has 0 saturated heterocycles. The molecule has 0 saturated carbocycles. The van der Waals surface area contributed by atoms with Gasteiger partial charge in [0.2, 0.25) is 5.95 Å². The molecule has 1 aliphatic carbocycles. The maximum absolute atomic E-state index is 13.0. The van der Waals surface area contributed by atoms with E-state index in [1.807, 2.05) is 12.1 Å². The van der Waals surface area contributed by atoms with Crippen LogP contribution >= 0.6 is 0 Å². The van der Waals surface area contributed by atoms with Crippen LogP contribution in [0.3, 0.4) is 0 Å². The van der Waals surface area contributed by atoms with Gasteiger partial charge in [0.25, 0.3) is 5.91 Å². The summed E-state index contributed by atoms with van der Waals surface area (Å²) in [6, 6.07) is 11.1. The molecule has 0 radical (unpaired) electrons. The fraction of sp³-hybridized carbons (Fsp3) is 0.250. The molecule has 1 aliphatic rings. The van der Waals surface area contributed by atoms with Gasteiger partial charge in [-0.3, -0.25) is 4.79 Å². The molecule has 1 N–H and O–H groups in total. The number of pyridine rings is 1. The van der Waals surface area contributed by atoms with Gasteiger partial charge in [-0.25, -0.2) is 4.98 Å². The first-order valence-electron chi connectivity index (χ1n) is 6.71. The van der Waals surface area contributed by atoms with E-state index in [0.717, 1.165) is 25.3 Å². The fourth-order valence-electron chi connectivity index (χ4n) is 2.63. The molecule has 0 fully saturated rings. The van der Waals surface area contributed by atoms with Crippen LogP contribution in [0.2, 0.25) is 0 Å². The van der Waals surface area contributed by atoms with Gasteiger partial charge in [-0.1, -0.05) is 24.3 Å². The summed E-state index contributed by atoms with van der Waals surface area (Å²) in [6.07, 6.45) is 4.01. The van der Waals surface area contributed by atoms with Crippen LogP contribution in [-0.2, 0) is 12.8 Å². The molecule has 1 amide bonds. The number of aryl methyl sites for hydroxylation is 1. The molecule has 20 heavy (non-hydrogen) atoms. The number of hydrogen-bond acceptors (Lipinski definition) is 2. The van der Waals surface area contributed by atoms with Crippen LogP contribution in [0.15, 0.2) is 42.6 Å². The summed E-state index contributed by atoms with van der Waals surface area (Å²) in [5, 5.41) is 2.97. The Balaban J connectivity index is 1.69. The van der Waals surface area contributed by atoms with E-state index >= 15 is 0 Å². The van der Waals surface area contributed by atoms with Crippen molar-refractivity contribution < 1.29 is 9.18 Å². The Kier molecular flexibility index (Phi) is 3.46. The third-order valence-electron chi connectivity index (χ3n) is 3.67. The van der Waals surface area contributed by atoms with E-state index in [-0.39, 0.29) is 11.9 Å². The average Bonchev–Trinajstić information content (AvgIpc) is 2.47. The molecular formula is C16H15FN2O. The predicted molar refractivity (Wildman–Crippen MR) is 73.9 cm³/mol. The van der Waals surface area contributed by atoms with E-state index < -0.39 is 5.95 Å². The summed E-state index contributed by atoms with van der Waals surface area (Å²) < 4.78 is 13.0. The van der Waals surface area contributed by atoms with E-state index in [1.54, 1.807) is 0 Å². The van der Waals surface area contributed by atoms with Crippen LogP contribution in [0.4, 0.5) is 4.39 Å². The molecule has 0 aliphatic heterocycles. The lowest BCUT2D eigenvalue weighted by Crippen LogP contribution is -2.38. The van der Waals surface area contributed by atoms with Gasteiger partial charge in [0.15, 0.2) is 0 Å². The van der Waals surface area contributed by atoms with Gasteiger partial charge in [0.1, 0.15) is 0 Å². The first-order valence-corrected chi connectivity index (χ1v) is 6.71. The van der Waals surface area contributed by atoms with Gasteiger partial charge < -0.3 is 5.32 Å². The van der Waals surface area contributed by atoms with Crippen LogP contribution < -0.4 is 5.32 Å². The molecule has 1 heterocycles. The summed E-state index contributed by atoms with van der Waals surface area (Å²) in [6.45, 7) is 0. The summed E-state index contributed by atoms with van der Waals surface area (Å²) in [5.41, 5.74) is 2.95. The van der Waals surface area contributed by atoms with E-state index in [9.17, 15) is 9.18 Å². The number of rotatable bonds is 2. The molecule has 0 bridgehead atoms. The van der Waals surface area contributed by atoms with Crippen molar-refractivity contribution in [3.63, 3.8) is 0 Å². The molecule has 0 spiro atoms. The number of nitrogens with zero attached hydrogens (tertiary/aromatic N) is 1. The van der Waals surface area contributed by atoms with Crippen molar-refractivity contribution in [1.29, 1.82) is 0 Å². The standard InChI is InChI=1S/C16H15FN2O/c17-15-10-13(7-8-18-15)16(20)19-14-6-5-11-3-1-2-4-12(11)9-14/h1-4,7-8,10,14H,5-6,9H2,(H,19,20). The number of amides is 1. The Labute approximate surface area is 116 Å². The van der Waals surface area contributed by atoms with Crippen molar-refractivity contribution in [3.05, 3.63) is 65.2 Å². The second-order valence-electron chi connectivity index (χ2n) is 5.05. The minimum atomic E-state index is -0.633. The molecule has 1 unspecified atom stereocenters. The molecule has 2 aromatic rings. The molecule has 4 heteroatoms. The summed E-state index contributed by atoms with van der Waals surface area (Å²) in [7, 11) is 0. The smallest absolute Gasteiger partial charge is 0.251 e. The molecule has 1 atom stereocenters. The first kappa shape index (κ1) is 12.8. The second-order valence-corrected chi connectivity index (χ2v) is 5.05. The zero-order chi connectivity index (χ0) is 13.9. The van der Waals surface area contributed by atoms with Crippen molar-refractivity contribution in [2.75, 3.05) is 0 Å². The van der Waals surface area contributed by atoms with Gasteiger partial charge in [-0.2, -0.15) is 4.39 Å². The van der Waals surface area contributed by atoms with Crippen molar-refractivity contribution >= 4 is 5.91 Å². The summed E-state index contributed by atoms with van der Waals surface area (Å²) >= 11 is 0. The van der Waals surface area contributed by atoms with Gasteiger partial charge in [0, 0.05) is 23.9 Å². The highest BCUT2D eigenvalue weighted by atomic mass is 19.1. The largest absolute Gasteiger partial charge is 0.349 e. The molecule has 3 nitrogen and oxygen atoms in total. The minimum Gasteiger partial charge on any atom is -0.349 e. The quantitative estimate of drug-likeness (QED) is 0.852. The number of aromatic nitrogens is 1. The third kappa shape index (κ3) is 2.69. The zero-order valence-electron chi connectivity index (χ0n) is 11.0. The Hall–Kier alpha value is -2.23. The van der Waals surface area contributed by atoms with Gasteiger partial charge in [0.05, 0.1) is 0 Å². The maximum Gasteiger partial charge on any atom is 0.251 e. The van der Waals surface area contributed by atoms with Crippen LogP contribution in [0.5, 0.6) is 0 Å². The van der Waals surface area contributed by atoms with Crippen molar-refractivity contribution in [2.45, 2.75) is 25.3 Å². The Bertz CT molecular complexity index is 642. The molecule has 102 valence electrons. The minimum absolute atomic E-state index is 0.105. The number of hydrogen-bond donors (Lipinski definition) is 1. The van der Waals surface area contributed by atoms with E-state index in [2.05, 4.69) is 22.4 Å². The molecule has 3 rings (SSSR count). The Morgan fingerprint density at radius 3 is 2.85 bits per heavy atom. The summed E-state index contributed by atoms with van der Waals surface area (Å²) in [4.78, 5) is 15.5. The first-order chi connectivity index (χ1) is 9.72. The normalized spacial score (nSPS) is 17.4. The van der Waals surface area contributed by atoms with Crippen LogP contribution in [0, 0.1) is 5.95 Å². The Morgan fingerprint density at radius 1 is 1.25 bits per heavy atom. The topological polar surface area (TPSA) is 42.0 Å². The highest BCUT2D eigenvalue weighted by Gasteiger charge is 2.20. The predicted octanol–water partition coefficient (Wildman–Crippen LogP) is 2.51. The lowest BCUT2D eigenvalue weighted by molar-refractivity contribution is 0.0933. The van der Waals surface area contributed by atoms with Crippen LogP contribution in [0.1, 0.15) is 27.9 Å². The van der Waals surface area contributed by atoms with Gasteiger partial charge in [-0.15, -0.1) is 0 Å². The molecule has 1 aromatic carbocycles. The van der Waals surface area contributed by atoms with Gasteiger partial charge >= 0.3 is 0 Å². The number of fused-ring (bicyclic) bond motifs is 1. The SMILES string of the molecule is O=C(NC1CCc2ccccc2C1)c1ccnc(F)c1. The lowest BCUT2D eigenvalue weighted by atomic mass is 9.88. The van der Waals surface area contributed by atoms with E-state index in [1.165, 1.54) is 23.4 Å². The zero-order valence-corrected chi connectivity index (χ0v) is 11.0. The highest BCUT2D eigenvalue weighted by molar-refractivity contribution is 5.94. The maximum atomic E-state index is 13.0. The number of carbonyl (C=O) groups is 1. The number of halogens is 1. The van der Waals surface area contributed by atoms with Crippen LogP contribution in [0.25, 0.3) is 0 Å². The summed E-state index contributed by atoms with van der Waals surface area (Å²) in [5.74, 6) is -0.873. The third-order valence-corrected chi connectivity index (χ3v) is 3.67. The fourth-order valence-corrected chi connectivity index (χ4v) is 2.63. The number of benzene rings is 1. The van der Waals surface area contributed by atoms with Crippen molar-refractivity contribution in [3.8, 4) is 0 Å². The monoisotopic (exact) mass is 270 g/mol. The molecule has 1 aromatic heterocycles. The van der Waals surface area contributed by atoms with E-state index in [0.29, 0.717) is 5.56 Å². The lowest BCUT2D eigenvalue weighted by Gasteiger charge is -2.25. The highest BCUT2D eigenvalue weighted by Crippen LogP contribution is 2.21. The number of nitrogens with one attached hydrogen (secondary N) is 1. The van der Waals surface area contributed by atoms with Crippen molar-refractivity contribution in [1.82, 2.24) is 10.3 Å². The molecular weight excluding hydrogens is 255 g/mol. The van der Waals surface area contributed by atoms with Crippen LogP contribution in [-0.4, -0.2) is 16.9 Å². The average molecular weight is 270 g/mol. The van der Waals surface area contributed by atoms with E-state index in [4.69, 9.17) is 0 Å².